The number of nitrogens with zero attached hydrogens (tertiary/aromatic N) is 3. The lowest BCUT2D eigenvalue weighted by molar-refractivity contribution is 0.628. The van der Waals surface area contributed by atoms with Gasteiger partial charge in [0.1, 0.15) is 11.9 Å². The summed E-state index contributed by atoms with van der Waals surface area (Å²) in [4.78, 5) is 0. The summed E-state index contributed by atoms with van der Waals surface area (Å²) in [5, 5.41) is 13.3. The van der Waals surface area contributed by atoms with Crippen molar-refractivity contribution in [1.29, 1.82) is 5.26 Å². The van der Waals surface area contributed by atoms with E-state index in [1.165, 1.54) is 22.9 Å². The molecule has 0 aliphatic carbocycles. The molecule has 0 saturated heterocycles. The molecule has 0 spiro atoms. The second-order valence-electron chi connectivity index (χ2n) is 3.37. The molecule has 0 aliphatic rings. The molecule has 0 unspecified atom stereocenters. The number of nitriles is 1. The van der Waals surface area contributed by atoms with Gasteiger partial charge in [0.25, 0.3) is 0 Å². The van der Waals surface area contributed by atoms with Gasteiger partial charge in [-0.1, -0.05) is 11.6 Å². The summed E-state index contributed by atoms with van der Waals surface area (Å²) in [6, 6.07) is 6.17. The van der Waals surface area contributed by atoms with Crippen molar-refractivity contribution in [2.45, 2.75) is 0 Å². The van der Waals surface area contributed by atoms with Gasteiger partial charge in [-0.3, -0.25) is 4.68 Å². The molecule has 0 aliphatic heterocycles. The minimum Gasteiger partial charge on any atom is -0.265 e. The van der Waals surface area contributed by atoms with Crippen LogP contribution in [0.2, 0.25) is 5.02 Å². The van der Waals surface area contributed by atoms with Crippen LogP contribution in [0.25, 0.3) is 11.3 Å². The second-order valence-corrected chi connectivity index (χ2v) is 4.60. The summed E-state index contributed by atoms with van der Waals surface area (Å²) < 4.78 is 15.6. The van der Waals surface area contributed by atoms with Crippen molar-refractivity contribution in [2.75, 3.05) is 0 Å². The molecule has 86 valence electrons. The molecule has 0 N–H and O–H groups in total. The Balaban J connectivity index is 2.73. The minimum atomic E-state index is -0.414. The maximum Gasteiger partial charge on any atom is 0.177 e. The van der Waals surface area contributed by atoms with Crippen LogP contribution in [0.5, 0.6) is 0 Å². The summed E-state index contributed by atoms with van der Waals surface area (Å²) in [5.74, 6) is -0.414. The van der Waals surface area contributed by atoms with Gasteiger partial charge < -0.3 is 0 Å². The van der Waals surface area contributed by atoms with Crippen molar-refractivity contribution in [3.63, 3.8) is 0 Å². The minimum absolute atomic E-state index is 0.210. The quantitative estimate of drug-likeness (QED) is 0.808. The van der Waals surface area contributed by atoms with Gasteiger partial charge in [-0.25, -0.2) is 4.39 Å². The van der Waals surface area contributed by atoms with E-state index in [0.717, 1.165) is 0 Å². The molecule has 1 aromatic heterocycles. The summed E-state index contributed by atoms with van der Waals surface area (Å²) in [6.45, 7) is 0. The van der Waals surface area contributed by atoms with E-state index in [1.807, 2.05) is 6.07 Å². The summed E-state index contributed by atoms with van der Waals surface area (Å²) in [7, 11) is 1.64. The Labute approximate surface area is 111 Å². The molecule has 0 atom stereocenters. The van der Waals surface area contributed by atoms with Gasteiger partial charge >= 0.3 is 0 Å². The zero-order valence-electron chi connectivity index (χ0n) is 8.71. The lowest BCUT2D eigenvalue weighted by Gasteiger charge is -2.05. The Bertz CT molecular complexity index is 630. The first kappa shape index (κ1) is 12.1. The Morgan fingerprint density at radius 2 is 2.24 bits per heavy atom. The van der Waals surface area contributed by atoms with Crippen LogP contribution in [-0.2, 0) is 7.05 Å². The van der Waals surface area contributed by atoms with Crippen molar-refractivity contribution in [3.05, 3.63) is 39.2 Å². The zero-order valence-corrected chi connectivity index (χ0v) is 11.0. The first-order valence-electron chi connectivity index (χ1n) is 4.62. The van der Waals surface area contributed by atoms with E-state index in [2.05, 4.69) is 21.0 Å². The number of aryl methyl sites for hydroxylation is 1. The predicted octanol–water partition coefficient (Wildman–Crippen LogP) is 3.51. The van der Waals surface area contributed by atoms with Gasteiger partial charge in [0, 0.05) is 17.6 Å². The highest BCUT2D eigenvalue weighted by Crippen LogP contribution is 2.33. The van der Waals surface area contributed by atoms with Gasteiger partial charge in [0.05, 0.1) is 10.2 Å². The molecule has 0 amide bonds. The second kappa shape index (κ2) is 4.47. The van der Waals surface area contributed by atoms with Crippen LogP contribution >= 0.6 is 27.5 Å². The van der Waals surface area contributed by atoms with Gasteiger partial charge in [0.2, 0.25) is 0 Å². The highest BCUT2D eigenvalue weighted by atomic mass is 79.9. The van der Waals surface area contributed by atoms with Crippen molar-refractivity contribution < 1.29 is 4.39 Å². The van der Waals surface area contributed by atoms with Gasteiger partial charge in [0.15, 0.2) is 5.69 Å². The van der Waals surface area contributed by atoms with Gasteiger partial charge in [-0.05, 0) is 34.1 Å². The lowest BCUT2D eigenvalue weighted by atomic mass is 10.1. The fourth-order valence-corrected chi connectivity index (χ4v) is 2.35. The molecule has 3 nitrogen and oxygen atoms in total. The van der Waals surface area contributed by atoms with E-state index in [0.29, 0.717) is 20.8 Å². The van der Waals surface area contributed by atoms with E-state index in [-0.39, 0.29) is 5.69 Å². The standard InChI is InChI=1S/C11H6BrClFN3/c1-17-11(10(12)9(5-15)16-17)7-4-6(13)2-3-8(7)14/h2-4H,1H3. The monoisotopic (exact) mass is 313 g/mol. The highest BCUT2D eigenvalue weighted by molar-refractivity contribution is 9.10. The topological polar surface area (TPSA) is 41.6 Å². The van der Waals surface area contributed by atoms with Crippen molar-refractivity contribution in [2.24, 2.45) is 7.05 Å². The van der Waals surface area contributed by atoms with Gasteiger partial charge in [-0.2, -0.15) is 10.4 Å². The third-order valence-corrected chi connectivity index (χ3v) is 3.27. The predicted molar refractivity (Wildman–Crippen MR) is 66.0 cm³/mol. The molecule has 2 aromatic rings. The van der Waals surface area contributed by atoms with Gasteiger partial charge in [-0.15, -0.1) is 0 Å². The van der Waals surface area contributed by atoms with Crippen LogP contribution in [-0.4, -0.2) is 9.78 Å². The number of halogens is 3. The summed E-state index contributed by atoms with van der Waals surface area (Å²) >= 11 is 9.08. The largest absolute Gasteiger partial charge is 0.265 e. The van der Waals surface area contributed by atoms with Crippen LogP contribution in [0.4, 0.5) is 4.39 Å². The van der Waals surface area contributed by atoms with Crippen molar-refractivity contribution >= 4 is 27.5 Å². The molecule has 6 heteroatoms. The van der Waals surface area contributed by atoms with Crippen molar-refractivity contribution in [3.8, 4) is 17.3 Å². The molecule has 0 saturated carbocycles. The summed E-state index contributed by atoms with van der Waals surface area (Å²) in [5.41, 5.74) is 1.00. The molecule has 0 bridgehead atoms. The molecule has 1 aromatic carbocycles. The molecule has 2 rings (SSSR count). The number of benzene rings is 1. The van der Waals surface area contributed by atoms with Crippen LogP contribution in [0.15, 0.2) is 22.7 Å². The molecule has 17 heavy (non-hydrogen) atoms. The lowest BCUT2D eigenvalue weighted by Crippen LogP contribution is -1.96. The average molecular weight is 315 g/mol. The van der Waals surface area contributed by atoms with E-state index in [9.17, 15) is 4.39 Å². The Morgan fingerprint density at radius 3 is 2.82 bits per heavy atom. The first-order chi connectivity index (χ1) is 8.04. The summed E-state index contributed by atoms with van der Waals surface area (Å²) in [6.07, 6.45) is 0. The van der Waals surface area contributed by atoms with E-state index >= 15 is 0 Å². The van der Waals surface area contributed by atoms with E-state index < -0.39 is 5.82 Å². The van der Waals surface area contributed by atoms with Crippen LogP contribution in [0.3, 0.4) is 0 Å². The number of hydrogen-bond donors (Lipinski definition) is 0. The number of hydrogen-bond acceptors (Lipinski definition) is 2. The maximum absolute atomic E-state index is 13.7. The average Bonchev–Trinajstić information content (AvgIpc) is 2.58. The maximum atomic E-state index is 13.7. The molecule has 0 radical (unpaired) electrons. The molecular weight excluding hydrogens is 308 g/mol. The van der Waals surface area contributed by atoms with Crippen LogP contribution in [0.1, 0.15) is 5.69 Å². The third-order valence-electron chi connectivity index (χ3n) is 2.28. The van der Waals surface area contributed by atoms with E-state index in [1.54, 1.807) is 7.05 Å². The molecular formula is C11H6BrClFN3. The molecule has 1 heterocycles. The Hall–Kier alpha value is -1.38. The van der Waals surface area contributed by atoms with Crippen LogP contribution < -0.4 is 0 Å². The highest BCUT2D eigenvalue weighted by Gasteiger charge is 2.18. The number of aromatic nitrogens is 2. The normalized spacial score (nSPS) is 10.3. The first-order valence-corrected chi connectivity index (χ1v) is 5.79. The fourth-order valence-electron chi connectivity index (χ4n) is 1.54. The third kappa shape index (κ3) is 2.06. The zero-order chi connectivity index (χ0) is 12.6. The smallest absolute Gasteiger partial charge is 0.177 e. The number of rotatable bonds is 1. The Morgan fingerprint density at radius 1 is 1.53 bits per heavy atom. The van der Waals surface area contributed by atoms with Crippen LogP contribution in [0, 0.1) is 17.1 Å². The Kier molecular flexibility index (Phi) is 3.18. The molecule has 0 fully saturated rings. The van der Waals surface area contributed by atoms with Crippen molar-refractivity contribution in [1.82, 2.24) is 9.78 Å². The van der Waals surface area contributed by atoms with E-state index in [4.69, 9.17) is 16.9 Å². The fraction of sp³-hybridized carbons (Fsp3) is 0.0909. The SMILES string of the molecule is Cn1nc(C#N)c(Br)c1-c1cc(Cl)ccc1F.